The van der Waals surface area contributed by atoms with Crippen LogP contribution in [0.3, 0.4) is 0 Å². The summed E-state index contributed by atoms with van der Waals surface area (Å²) in [6.45, 7) is 0. The van der Waals surface area contributed by atoms with Crippen LogP contribution in [0.15, 0.2) is 227 Å². The van der Waals surface area contributed by atoms with Gasteiger partial charge in [-0.05, 0) is 87.0 Å². The number of rotatable bonds is 4. The minimum absolute atomic E-state index is 0.191. The molecule has 0 saturated carbocycles. The maximum atomic E-state index is 15.7. The van der Waals surface area contributed by atoms with Crippen molar-refractivity contribution in [3.63, 3.8) is 0 Å². The van der Waals surface area contributed by atoms with Gasteiger partial charge in [0.15, 0.2) is 5.82 Å². The Labute approximate surface area is 369 Å². The fourth-order valence-corrected chi connectivity index (χ4v) is 10.8. The van der Waals surface area contributed by atoms with Gasteiger partial charge in [0, 0.05) is 51.0 Å². The van der Waals surface area contributed by atoms with Crippen LogP contribution >= 0.6 is 0 Å². The van der Waals surface area contributed by atoms with Crippen molar-refractivity contribution in [2.24, 2.45) is 0 Å². The Hall–Kier alpha value is -8.26. The zero-order chi connectivity index (χ0) is 42.8. The molecular weight excluding hydrogens is 807 g/mol. The second-order valence-corrected chi connectivity index (χ2v) is 17.8. The maximum absolute atomic E-state index is 15.7. The third-order valence-corrected chi connectivity index (χ3v) is 14.1. The highest BCUT2D eigenvalue weighted by Crippen LogP contribution is 2.49. The summed E-state index contributed by atoms with van der Waals surface area (Å²) in [5.74, 6) is 0.575. The molecule has 64 heavy (non-hydrogen) atoms. The first-order valence-corrected chi connectivity index (χ1v) is 22.5. The van der Waals surface area contributed by atoms with Crippen LogP contribution in [0.4, 0.5) is 0 Å². The predicted octanol–water partition coefficient (Wildman–Crippen LogP) is 14.3. The van der Waals surface area contributed by atoms with Gasteiger partial charge in [0.2, 0.25) is 9.84 Å². The van der Waals surface area contributed by atoms with Gasteiger partial charge in [-0.3, -0.25) is 4.98 Å². The Morgan fingerprint density at radius 1 is 0.359 bits per heavy atom. The first-order valence-electron chi connectivity index (χ1n) is 21.1. The van der Waals surface area contributed by atoms with E-state index in [1.807, 2.05) is 128 Å². The van der Waals surface area contributed by atoms with Crippen molar-refractivity contribution in [2.45, 2.75) is 9.79 Å². The number of nitrogens with zero attached hydrogens (tertiary/aromatic N) is 3. The molecule has 8 aromatic carbocycles. The molecule has 1 aliphatic heterocycles. The van der Waals surface area contributed by atoms with Gasteiger partial charge in [-0.1, -0.05) is 158 Å². The highest BCUT2D eigenvalue weighted by Gasteiger charge is 2.31. The molecule has 0 atom stereocenters. The number of sulfone groups is 1. The van der Waals surface area contributed by atoms with Crippen molar-refractivity contribution in [1.29, 1.82) is 0 Å². The minimum atomic E-state index is -4.19. The average molecular weight is 842 g/mol. The van der Waals surface area contributed by atoms with Crippen molar-refractivity contribution >= 4 is 31.8 Å². The molecule has 0 radical (unpaired) electrons. The summed E-state index contributed by atoms with van der Waals surface area (Å²) < 4.78 is 37.8. The monoisotopic (exact) mass is 841 g/mol. The summed E-state index contributed by atoms with van der Waals surface area (Å²) >= 11 is 0. The molecule has 0 aliphatic carbocycles. The summed E-state index contributed by atoms with van der Waals surface area (Å²) in [5.41, 5.74) is 13.9. The van der Waals surface area contributed by atoms with Gasteiger partial charge in [0.05, 0.1) is 21.2 Å². The number of fused-ring (bicyclic) bond motifs is 12. The van der Waals surface area contributed by atoms with E-state index >= 15 is 8.42 Å². The third-order valence-electron chi connectivity index (χ3n) is 12.2. The van der Waals surface area contributed by atoms with E-state index < -0.39 is 9.84 Å². The maximum Gasteiger partial charge on any atom is 0.207 e. The number of hydrogen-bond acceptors (Lipinski definition) is 6. The lowest BCUT2D eigenvalue weighted by Crippen LogP contribution is -2.06. The molecule has 0 unspecified atom stereocenters. The SMILES string of the molecule is O=S1(=O)c2ccccc2-c2ccccc2-c2ccccc2-c2ccc(-c3cc(-c4ccc(-c5cccnc5)cc4)nc(-c4ccccc4)n3)cc2-c2cc3oc4ccccc4c3cc21. The standard InChI is InChI=1S/C57H35N3O3S/c61-64(62)55-23-11-9-21-47(55)44-19-7-6-17-42(44)41-16-4-5-18-43(41)45-29-28-39(31-48(45)50-32-54-49(33-56(50)64)46-20-8-10-22-53(46)63-54)52-34-51(59-57(60-52)38-13-2-1-3-14-38)37-26-24-36(25-27-37)40-15-12-30-58-35-40/h1-35H. The van der Waals surface area contributed by atoms with Gasteiger partial charge in [-0.15, -0.1) is 0 Å². The molecule has 12 rings (SSSR count). The quantitative estimate of drug-likeness (QED) is 0.175. The Morgan fingerprint density at radius 3 is 1.66 bits per heavy atom. The van der Waals surface area contributed by atoms with Crippen LogP contribution in [0, 0.1) is 0 Å². The third kappa shape index (κ3) is 6.24. The number of benzene rings is 8. The van der Waals surface area contributed by atoms with Gasteiger partial charge in [-0.25, -0.2) is 18.4 Å². The number of aromatic nitrogens is 3. The lowest BCUT2D eigenvalue weighted by Gasteiger charge is -2.18. The van der Waals surface area contributed by atoms with E-state index in [0.717, 1.165) is 77.7 Å². The first-order chi connectivity index (χ1) is 31.5. The minimum Gasteiger partial charge on any atom is -0.456 e. The smallest absolute Gasteiger partial charge is 0.207 e. The Morgan fingerprint density at radius 2 is 0.938 bits per heavy atom. The highest BCUT2D eigenvalue weighted by atomic mass is 32.2. The van der Waals surface area contributed by atoms with E-state index in [1.165, 1.54) is 0 Å². The van der Waals surface area contributed by atoms with Crippen LogP contribution in [0.1, 0.15) is 0 Å². The van der Waals surface area contributed by atoms with Crippen LogP contribution in [-0.4, -0.2) is 23.4 Å². The molecule has 0 bridgehead atoms. The van der Waals surface area contributed by atoms with E-state index in [0.29, 0.717) is 33.8 Å². The van der Waals surface area contributed by atoms with Crippen LogP contribution in [-0.2, 0) is 9.84 Å². The fourth-order valence-electron chi connectivity index (χ4n) is 9.12. The average Bonchev–Trinajstić information content (AvgIpc) is 3.73. The lowest BCUT2D eigenvalue weighted by atomic mass is 9.85. The summed E-state index contributed by atoms with van der Waals surface area (Å²) in [4.78, 5) is 15.1. The molecule has 302 valence electrons. The van der Waals surface area contributed by atoms with Crippen LogP contribution in [0.25, 0.3) is 111 Å². The van der Waals surface area contributed by atoms with Crippen LogP contribution in [0.2, 0.25) is 0 Å². The summed E-state index contributed by atoms with van der Waals surface area (Å²) in [5, 5.41) is 1.57. The highest BCUT2D eigenvalue weighted by molar-refractivity contribution is 7.91. The Kier molecular flexibility index (Phi) is 8.77. The van der Waals surface area contributed by atoms with Crippen molar-refractivity contribution in [3.05, 3.63) is 213 Å². The fraction of sp³-hybridized carbons (Fsp3) is 0. The molecule has 0 spiro atoms. The van der Waals surface area contributed by atoms with Crippen LogP contribution in [0.5, 0.6) is 0 Å². The summed E-state index contributed by atoms with van der Waals surface area (Å²) in [6.07, 6.45) is 3.63. The topological polar surface area (TPSA) is 86.0 Å². The van der Waals surface area contributed by atoms with E-state index in [2.05, 4.69) is 65.6 Å². The van der Waals surface area contributed by atoms with Crippen molar-refractivity contribution in [3.8, 4) is 89.5 Å². The predicted molar refractivity (Wildman–Crippen MR) is 256 cm³/mol. The van der Waals surface area contributed by atoms with Crippen LogP contribution < -0.4 is 0 Å². The van der Waals surface area contributed by atoms with Gasteiger partial charge in [0.1, 0.15) is 11.2 Å². The second-order valence-electron chi connectivity index (χ2n) is 15.9. The second kappa shape index (κ2) is 15.0. The molecule has 3 aromatic heterocycles. The number of furan rings is 1. The molecule has 6 nitrogen and oxygen atoms in total. The molecule has 0 saturated heterocycles. The molecule has 0 N–H and O–H groups in total. The number of para-hydroxylation sites is 1. The molecule has 1 aliphatic rings. The normalized spacial score (nSPS) is 12.6. The molecule has 0 fully saturated rings. The molecule has 0 amide bonds. The largest absolute Gasteiger partial charge is 0.456 e. The van der Waals surface area contributed by atoms with Crippen molar-refractivity contribution in [1.82, 2.24) is 15.0 Å². The molecule has 4 heterocycles. The molecule has 7 heteroatoms. The van der Waals surface area contributed by atoms with E-state index in [9.17, 15) is 0 Å². The Balaban J connectivity index is 1.15. The van der Waals surface area contributed by atoms with Gasteiger partial charge >= 0.3 is 0 Å². The van der Waals surface area contributed by atoms with E-state index in [1.54, 1.807) is 24.4 Å². The van der Waals surface area contributed by atoms with Gasteiger partial charge in [0.25, 0.3) is 0 Å². The van der Waals surface area contributed by atoms with E-state index in [4.69, 9.17) is 14.4 Å². The van der Waals surface area contributed by atoms with Crippen molar-refractivity contribution in [2.75, 3.05) is 0 Å². The van der Waals surface area contributed by atoms with E-state index in [-0.39, 0.29) is 9.79 Å². The van der Waals surface area contributed by atoms with Gasteiger partial charge in [-0.2, -0.15) is 0 Å². The summed E-state index contributed by atoms with van der Waals surface area (Å²) in [7, 11) is -4.19. The Bertz CT molecular complexity index is 3730. The zero-order valence-electron chi connectivity index (χ0n) is 34.2. The molecule has 11 aromatic rings. The number of pyridine rings is 1. The lowest BCUT2D eigenvalue weighted by molar-refractivity contribution is 0.596. The summed E-state index contributed by atoms with van der Waals surface area (Å²) in [6, 6.07) is 65.7. The van der Waals surface area contributed by atoms with Crippen molar-refractivity contribution < 1.29 is 12.8 Å². The van der Waals surface area contributed by atoms with Gasteiger partial charge < -0.3 is 4.42 Å². The molecular formula is C57H35N3O3S. The zero-order valence-corrected chi connectivity index (χ0v) is 35.0. The first kappa shape index (κ1) is 37.5. The number of hydrogen-bond donors (Lipinski definition) is 0.